The molecule has 0 bridgehead atoms. The second-order valence-corrected chi connectivity index (χ2v) is 7.03. The van der Waals surface area contributed by atoms with Gasteiger partial charge in [0, 0.05) is 18.5 Å². The minimum atomic E-state index is -0.568. The normalized spacial score (nSPS) is 15.7. The first-order chi connectivity index (χ1) is 13.1. The van der Waals surface area contributed by atoms with Crippen molar-refractivity contribution in [2.45, 2.75) is 44.6 Å². The van der Waals surface area contributed by atoms with Crippen molar-refractivity contribution in [3.63, 3.8) is 0 Å². The van der Waals surface area contributed by atoms with Crippen molar-refractivity contribution in [3.05, 3.63) is 59.5 Å². The van der Waals surface area contributed by atoms with E-state index >= 15 is 0 Å². The van der Waals surface area contributed by atoms with E-state index in [9.17, 15) is 4.79 Å². The summed E-state index contributed by atoms with van der Waals surface area (Å²) in [6.07, 6.45) is 4.88. The van der Waals surface area contributed by atoms with Gasteiger partial charge < -0.3 is 20.8 Å². The molecule has 152 valence electrons. The minimum Gasteiger partial charge on any atom is -0.454 e. The number of halogens is 1. The monoisotopic (exact) mass is 496 g/mol. The second kappa shape index (κ2) is 10.5. The highest BCUT2D eigenvalue weighted by Crippen LogP contribution is 2.40. The number of amides is 1. The van der Waals surface area contributed by atoms with Gasteiger partial charge in [-0.05, 0) is 37.5 Å². The molecule has 0 unspecified atom stereocenters. The molecule has 1 fully saturated rings. The van der Waals surface area contributed by atoms with E-state index in [4.69, 9.17) is 10.2 Å². The summed E-state index contributed by atoms with van der Waals surface area (Å²) in [7, 11) is 0. The number of carbonyl (C=O) groups excluding carboxylic acids is 1. The summed E-state index contributed by atoms with van der Waals surface area (Å²) in [4.78, 5) is 15.7. The lowest BCUT2D eigenvalue weighted by Gasteiger charge is -2.30. The summed E-state index contributed by atoms with van der Waals surface area (Å²) in [5, 5.41) is 6.79. The molecule has 2 aromatic rings. The molecule has 4 N–H and O–H groups in total. The summed E-state index contributed by atoms with van der Waals surface area (Å²) in [5.74, 6) is 0.949. The Morgan fingerprint density at radius 1 is 1.14 bits per heavy atom. The number of primary amides is 1. The number of nitrogens with two attached hydrogens (primary N) is 1. The van der Waals surface area contributed by atoms with E-state index in [0.717, 1.165) is 19.0 Å². The molecule has 1 aromatic heterocycles. The molecule has 1 amide bonds. The molecule has 6 nitrogen and oxygen atoms in total. The highest BCUT2D eigenvalue weighted by molar-refractivity contribution is 14.0. The average molecular weight is 496 g/mol. The molecule has 3 rings (SSSR count). The van der Waals surface area contributed by atoms with Crippen LogP contribution in [0.4, 0.5) is 0 Å². The van der Waals surface area contributed by atoms with Crippen molar-refractivity contribution >= 4 is 35.8 Å². The predicted molar refractivity (Wildman–Crippen MR) is 122 cm³/mol. The molecule has 0 aliphatic heterocycles. The van der Waals surface area contributed by atoms with Gasteiger partial charge in [0.1, 0.15) is 12.3 Å². The number of nitrogens with zero attached hydrogens (tertiary/aromatic N) is 1. The Kier molecular flexibility index (Phi) is 8.35. The number of rotatable bonds is 7. The smallest absolute Gasteiger partial charge is 0.284 e. The fourth-order valence-electron chi connectivity index (χ4n) is 3.76. The number of hydrogen-bond acceptors (Lipinski definition) is 3. The summed E-state index contributed by atoms with van der Waals surface area (Å²) < 4.78 is 5.40. The molecule has 0 spiro atoms. The first kappa shape index (κ1) is 22.3. The van der Waals surface area contributed by atoms with Crippen molar-refractivity contribution < 1.29 is 9.21 Å². The van der Waals surface area contributed by atoms with Crippen molar-refractivity contribution in [1.29, 1.82) is 0 Å². The number of benzene rings is 1. The summed E-state index contributed by atoms with van der Waals surface area (Å²) in [5.41, 5.74) is 6.77. The number of hydrogen-bond donors (Lipinski definition) is 3. The van der Waals surface area contributed by atoms with Crippen LogP contribution in [0, 0.1) is 0 Å². The van der Waals surface area contributed by atoms with Gasteiger partial charge in [0.25, 0.3) is 5.91 Å². The molecular formula is C21H29IN4O2. The van der Waals surface area contributed by atoms with Crippen LogP contribution in [0.25, 0.3) is 0 Å². The molecule has 1 heterocycles. The average Bonchev–Trinajstić information content (AvgIpc) is 3.35. The number of aliphatic imine (C=N–C) groups is 1. The van der Waals surface area contributed by atoms with E-state index in [0.29, 0.717) is 12.3 Å². The van der Waals surface area contributed by atoms with E-state index in [1.165, 1.54) is 31.2 Å². The van der Waals surface area contributed by atoms with E-state index in [-0.39, 0.29) is 35.2 Å². The maximum Gasteiger partial charge on any atom is 0.284 e. The van der Waals surface area contributed by atoms with Gasteiger partial charge in [-0.1, -0.05) is 43.2 Å². The largest absolute Gasteiger partial charge is 0.454 e. The molecule has 0 saturated heterocycles. The quantitative estimate of drug-likeness (QED) is 0.311. The standard InChI is InChI=1S/C21H28N4O2.HI/c1-2-23-20(24-14-17-10-11-18(27-17)19(22)26)25-15-21(12-6-7-13-21)16-8-4-3-5-9-16;/h3-5,8-11H,2,6-7,12-15H2,1H3,(H2,22,26)(H2,23,24,25);1H. The summed E-state index contributed by atoms with van der Waals surface area (Å²) in [6.45, 7) is 4.00. The summed E-state index contributed by atoms with van der Waals surface area (Å²) in [6, 6.07) is 14.1. The van der Waals surface area contributed by atoms with Crippen LogP contribution < -0.4 is 16.4 Å². The van der Waals surface area contributed by atoms with Gasteiger partial charge in [-0.25, -0.2) is 4.99 Å². The Morgan fingerprint density at radius 3 is 2.46 bits per heavy atom. The number of furan rings is 1. The second-order valence-electron chi connectivity index (χ2n) is 7.03. The topological polar surface area (TPSA) is 92.6 Å². The van der Waals surface area contributed by atoms with Gasteiger partial charge in [0.05, 0.1) is 0 Å². The third-order valence-electron chi connectivity index (χ3n) is 5.18. The maximum absolute atomic E-state index is 11.1. The molecular weight excluding hydrogens is 467 g/mol. The maximum atomic E-state index is 11.1. The lowest BCUT2D eigenvalue weighted by atomic mass is 9.79. The SMILES string of the molecule is CCNC(=NCc1ccc(C(N)=O)o1)NCC1(c2ccccc2)CCCC1.I. The first-order valence-electron chi connectivity index (χ1n) is 9.59. The van der Waals surface area contributed by atoms with Crippen LogP contribution in [0.1, 0.15) is 54.5 Å². The Morgan fingerprint density at radius 2 is 1.86 bits per heavy atom. The Balaban J connectivity index is 0.00000280. The van der Waals surface area contributed by atoms with Crippen LogP contribution in [0.3, 0.4) is 0 Å². The Labute approximate surface area is 183 Å². The van der Waals surface area contributed by atoms with Crippen molar-refractivity contribution in [3.8, 4) is 0 Å². The Hall–Kier alpha value is -2.03. The fourth-order valence-corrected chi connectivity index (χ4v) is 3.76. The zero-order valence-electron chi connectivity index (χ0n) is 16.2. The highest BCUT2D eigenvalue weighted by Gasteiger charge is 2.35. The lowest BCUT2D eigenvalue weighted by Crippen LogP contribution is -2.44. The highest BCUT2D eigenvalue weighted by atomic mass is 127. The number of carbonyl (C=O) groups is 1. The van der Waals surface area contributed by atoms with Crippen LogP contribution in [0.5, 0.6) is 0 Å². The van der Waals surface area contributed by atoms with E-state index < -0.39 is 5.91 Å². The molecule has 7 heteroatoms. The number of guanidine groups is 1. The minimum absolute atomic E-state index is 0. The van der Waals surface area contributed by atoms with Crippen LogP contribution >= 0.6 is 24.0 Å². The first-order valence-corrected chi connectivity index (χ1v) is 9.59. The van der Waals surface area contributed by atoms with Gasteiger partial charge in [0.15, 0.2) is 11.7 Å². The Bertz CT molecular complexity index is 783. The van der Waals surface area contributed by atoms with Crippen LogP contribution in [-0.4, -0.2) is 25.0 Å². The van der Waals surface area contributed by atoms with Gasteiger partial charge in [-0.2, -0.15) is 0 Å². The lowest BCUT2D eigenvalue weighted by molar-refractivity contribution is 0.0972. The third kappa shape index (κ3) is 5.50. The zero-order chi connectivity index (χ0) is 19.1. The molecule has 0 radical (unpaired) electrons. The predicted octanol–water partition coefficient (Wildman–Crippen LogP) is 3.56. The molecule has 1 aromatic carbocycles. The van der Waals surface area contributed by atoms with Gasteiger partial charge >= 0.3 is 0 Å². The van der Waals surface area contributed by atoms with E-state index in [1.807, 2.05) is 6.92 Å². The van der Waals surface area contributed by atoms with Gasteiger partial charge in [-0.3, -0.25) is 4.79 Å². The van der Waals surface area contributed by atoms with Gasteiger partial charge in [-0.15, -0.1) is 24.0 Å². The van der Waals surface area contributed by atoms with Crippen LogP contribution in [0.15, 0.2) is 51.9 Å². The van der Waals surface area contributed by atoms with Crippen molar-refractivity contribution in [2.24, 2.45) is 10.7 Å². The molecule has 1 aliphatic rings. The molecule has 1 saturated carbocycles. The van der Waals surface area contributed by atoms with Crippen molar-refractivity contribution in [1.82, 2.24) is 10.6 Å². The van der Waals surface area contributed by atoms with Gasteiger partial charge in [0.2, 0.25) is 0 Å². The molecule has 28 heavy (non-hydrogen) atoms. The van der Waals surface area contributed by atoms with Crippen LogP contribution in [0.2, 0.25) is 0 Å². The third-order valence-corrected chi connectivity index (χ3v) is 5.18. The molecule has 0 atom stereocenters. The van der Waals surface area contributed by atoms with Crippen LogP contribution in [-0.2, 0) is 12.0 Å². The van der Waals surface area contributed by atoms with E-state index in [1.54, 1.807) is 12.1 Å². The molecule has 1 aliphatic carbocycles. The fraction of sp³-hybridized carbons (Fsp3) is 0.429. The summed E-state index contributed by atoms with van der Waals surface area (Å²) >= 11 is 0. The number of nitrogens with one attached hydrogen (secondary N) is 2. The zero-order valence-corrected chi connectivity index (χ0v) is 18.6. The van der Waals surface area contributed by atoms with Crippen molar-refractivity contribution in [2.75, 3.05) is 13.1 Å². The van der Waals surface area contributed by atoms with E-state index in [2.05, 4.69) is 46.0 Å².